The first kappa shape index (κ1) is 17.6. The minimum absolute atomic E-state index is 0. The zero-order chi connectivity index (χ0) is 11.8. The van der Waals surface area contributed by atoms with Gasteiger partial charge < -0.3 is 4.13 Å². The fourth-order valence-electron chi connectivity index (χ4n) is 0.233. The summed E-state index contributed by atoms with van der Waals surface area (Å²) in [6.07, 6.45) is 0. The van der Waals surface area contributed by atoms with Crippen molar-refractivity contribution >= 4 is 20.2 Å². The van der Waals surface area contributed by atoms with E-state index in [9.17, 15) is 30.0 Å². The molecule has 0 spiro atoms. The molecule has 0 aromatic rings. The zero-order valence-electron chi connectivity index (χ0n) is 7.98. The summed E-state index contributed by atoms with van der Waals surface area (Å²) in [5.74, 6) is 0. The summed E-state index contributed by atoms with van der Waals surface area (Å²) in [4.78, 5) is 0. The van der Waals surface area contributed by atoms with Gasteiger partial charge in [0.1, 0.15) is 10.2 Å². The van der Waals surface area contributed by atoms with Gasteiger partial charge in [-0.1, -0.05) is 0 Å². The Bertz CT molecular complexity index is 399. The summed E-state index contributed by atoms with van der Waals surface area (Å²) in [7, 11) is -9.09. The van der Waals surface area contributed by atoms with Crippen molar-refractivity contribution in [1.82, 2.24) is 4.31 Å². The minimum Gasteiger partial charge on any atom is -0.415 e. The molecule has 12 heteroatoms. The quantitative estimate of drug-likeness (QED) is 0.508. The number of sulfonamides is 1. The molecule has 0 aromatic carbocycles. The van der Waals surface area contributed by atoms with Crippen LogP contribution in [-0.2, 0) is 20.2 Å². The summed E-state index contributed by atoms with van der Waals surface area (Å²) in [6.45, 7) is 0. The van der Waals surface area contributed by atoms with Gasteiger partial charge in [0.2, 0.25) is 0 Å². The third-order valence-electron chi connectivity index (χ3n) is 0.946. The van der Waals surface area contributed by atoms with Crippen LogP contribution in [-0.4, -0.2) is 40.7 Å². The van der Waals surface area contributed by atoms with Crippen molar-refractivity contribution in [2.75, 3.05) is 14.1 Å². The van der Waals surface area contributed by atoms with Gasteiger partial charge in [-0.15, -0.1) is 0 Å². The number of hydrogen-bond donors (Lipinski definition) is 0. The molecule has 0 aliphatic heterocycles. The second-order valence-corrected chi connectivity index (χ2v) is 5.89. The third-order valence-corrected chi connectivity index (χ3v) is 3.99. The predicted octanol–water partition coefficient (Wildman–Crippen LogP) is -2.98. The predicted molar refractivity (Wildman–Crippen MR) is 40.9 cm³/mol. The zero-order valence-corrected chi connectivity index (χ0v) is 9.61. The van der Waals surface area contributed by atoms with E-state index in [4.69, 9.17) is 0 Å². The van der Waals surface area contributed by atoms with Crippen LogP contribution in [0.4, 0.5) is 13.2 Å². The molecule has 0 N–H and O–H groups in total. The topological polar surface area (TPSA) is 85.6 Å². The molecular formula is C3H6F3LiN2O4S2. The molecule has 0 aliphatic carbocycles. The van der Waals surface area contributed by atoms with Crippen LogP contribution in [0.5, 0.6) is 0 Å². The number of nitrogens with zero attached hydrogens (tertiary/aromatic N) is 2. The van der Waals surface area contributed by atoms with Crippen LogP contribution in [0.2, 0.25) is 0 Å². The maximum atomic E-state index is 11.7. The van der Waals surface area contributed by atoms with Gasteiger partial charge in [-0.2, -0.15) is 13.2 Å². The van der Waals surface area contributed by atoms with Crippen molar-refractivity contribution in [2.24, 2.45) is 0 Å². The minimum atomic E-state index is -6.01. The van der Waals surface area contributed by atoms with E-state index in [2.05, 4.69) is 0 Å². The van der Waals surface area contributed by atoms with Gasteiger partial charge in [0, 0.05) is 14.1 Å². The van der Waals surface area contributed by atoms with Crippen LogP contribution in [0.25, 0.3) is 4.13 Å². The molecule has 0 aliphatic rings. The molecule has 0 radical (unpaired) electrons. The SMILES string of the molecule is CN(C)S(=O)(=O)[N-]S(=O)(=O)C(F)(F)F.[Li+]. The van der Waals surface area contributed by atoms with Crippen LogP contribution in [0.3, 0.4) is 0 Å². The molecule has 0 saturated carbocycles. The Morgan fingerprint density at radius 1 is 1.07 bits per heavy atom. The Balaban J connectivity index is 0. The summed E-state index contributed by atoms with van der Waals surface area (Å²) in [6, 6.07) is 0. The normalized spacial score (nSPS) is 13.7. The van der Waals surface area contributed by atoms with E-state index >= 15 is 0 Å². The van der Waals surface area contributed by atoms with Crippen molar-refractivity contribution in [3.05, 3.63) is 4.13 Å². The van der Waals surface area contributed by atoms with E-state index in [1.807, 2.05) is 0 Å². The van der Waals surface area contributed by atoms with Crippen LogP contribution >= 0.6 is 0 Å². The van der Waals surface area contributed by atoms with Crippen LogP contribution in [0.15, 0.2) is 0 Å². The van der Waals surface area contributed by atoms with Crippen molar-refractivity contribution in [1.29, 1.82) is 0 Å². The molecule has 0 amide bonds. The third kappa shape index (κ3) is 4.71. The summed E-state index contributed by atoms with van der Waals surface area (Å²) < 4.78 is 78.9. The van der Waals surface area contributed by atoms with Gasteiger partial charge in [-0.05, 0) is 0 Å². The van der Waals surface area contributed by atoms with Crippen LogP contribution in [0.1, 0.15) is 0 Å². The molecule has 0 unspecified atom stereocenters. The van der Waals surface area contributed by atoms with Crippen molar-refractivity contribution in [3.8, 4) is 0 Å². The summed E-state index contributed by atoms with van der Waals surface area (Å²) in [5.41, 5.74) is -5.71. The Hall–Kier alpha value is 0.207. The molecule has 6 nitrogen and oxygen atoms in total. The monoisotopic (exact) mass is 262 g/mol. The molecule has 0 heterocycles. The van der Waals surface area contributed by atoms with Gasteiger partial charge in [-0.3, -0.25) is 0 Å². The van der Waals surface area contributed by atoms with E-state index in [0.29, 0.717) is 0 Å². The molecule has 0 rings (SSSR count). The fourth-order valence-corrected chi connectivity index (χ4v) is 2.10. The number of hydrogen-bond acceptors (Lipinski definition) is 4. The van der Waals surface area contributed by atoms with E-state index < -0.39 is 25.7 Å². The molecule has 15 heavy (non-hydrogen) atoms. The Kier molecular flexibility index (Phi) is 5.90. The molecule has 0 atom stereocenters. The molecule has 86 valence electrons. The first-order valence-corrected chi connectivity index (χ1v) is 5.72. The molecule has 0 saturated heterocycles. The van der Waals surface area contributed by atoms with Gasteiger partial charge in [-0.25, -0.2) is 21.1 Å². The van der Waals surface area contributed by atoms with Crippen molar-refractivity contribution in [2.45, 2.75) is 5.51 Å². The van der Waals surface area contributed by atoms with Crippen molar-refractivity contribution < 1.29 is 48.9 Å². The second kappa shape index (κ2) is 5.03. The second-order valence-electron chi connectivity index (χ2n) is 2.26. The van der Waals surface area contributed by atoms with Gasteiger partial charge in [0.15, 0.2) is 10.0 Å². The van der Waals surface area contributed by atoms with Crippen LogP contribution < -0.4 is 18.9 Å². The summed E-state index contributed by atoms with van der Waals surface area (Å²) in [5, 5.41) is 0. The Morgan fingerprint density at radius 3 is 1.60 bits per heavy atom. The maximum absolute atomic E-state index is 11.7. The van der Waals surface area contributed by atoms with Crippen molar-refractivity contribution in [3.63, 3.8) is 0 Å². The van der Waals surface area contributed by atoms with E-state index in [0.717, 1.165) is 14.1 Å². The average Bonchev–Trinajstić information content (AvgIpc) is 1.80. The van der Waals surface area contributed by atoms with Gasteiger partial charge >= 0.3 is 24.4 Å². The first-order chi connectivity index (χ1) is 5.90. The molecule has 0 aromatic heterocycles. The average molecular weight is 262 g/mol. The van der Waals surface area contributed by atoms with Gasteiger partial charge in [0.25, 0.3) is 0 Å². The Labute approximate surface area is 97.2 Å². The maximum Gasteiger partial charge on any atom is 1.00 e. The van der Waals surface area contributed by atoms with Gasteiger partial charge in [0.05, 0.1) is 0 Å². The summed E-state index contributed by atoms with van der Waals surface area (Å²) >= 11 is 0. The number of rotatable bonds is 3. The van der Waals surface area contributed by atoms with Crippen LogP contribution in [0, 0.1) is 0 Å². The largest absolute Gasteiger partial charge is 1.00 e. The molecule has 0 fully saturated rings. The number of alkyl halides is 3. The Morgan fingerprint density at radius 2 is 1.40 bits per heavy atom. The molecule has 0 bridgehead atoms. The fraction of sp³-hybridized carbons (Fsp3) is 1.00. The molecular weight excluding hydrogens is 256 g/mol. The number of halogens is 3. The van der Waals surface area contributed by atoms with E-state index in [-0.39, 0.29) is 23.2 Å². The van der Waals surface area contributed by atoms with E-state index in [1.165, 1.54) is 0 Å². The standard InChI is InChI=1S/C3H6F3N2O4S2.Li/c1-8(2)14(11,12)7-13(9,10)3(4,5)6;/h1-2H3;/q-1;+1. The smallest absolute Gasteiger partial charge is 0.415 e. The first-order valence-electron chi connectivity index (χ1n) is 2.88. The van der Waals surface area contributed by atoms with E-state index in [1.54, 1.807) is 4.13 Å².